The van der Waals surface area contributed by atoms with E-state index in [1.54, 1.807) is 6.92 Å². The summed E-state index contributed by atoms with van der Waals surface area (Å²) in [6.45, 7) is 2.57. The minimum atomic E-state index is -1.11. The molecule has 98 valence electrons. The van der Waals surface area contributed by atoms with Crippen molar-refractivity contribution in [2.45, 2.75) is 13.0 Å². The number of carboxylic acid groups (broad SMARTS) is 1. The van der Waals surface area contributed by atoms with Crippen molar-refractivity contribution < 1.29 is 24.2 Å². The maximum absolute atomic E-state index is 11.8. The number of aryl methyl sites for hydroxylation is 1. The zero-order valence-corrected chi connectivity index (χ0v) is 10.5. The van der Waals surface area contributed by atoms with Crippen molar-refractivity contribution in [2.75, 3.05) is 25.1 Å². The zero-order valence-electron chi connectivity index (χ0n) is 9.63. The number of aromatic carboxylic acids is 1. The van der Waals surface area contributed by atoms with Gasteiger partial charge in [0.05, 0.1) is 25.5 Å². The summed E-state index contributed by atoms with van der Waals surface area (Å²) in [6, 6.07) is 0. The summed E-state index contributed by atoms with van der Waals surface area (Å²) in [5.74, 6) is -1.53. The lowest BCUT2D eigenvalue weighted by Gasteiger charge is -2.21. The minimum absolute atomic E-state index is 0.0186. The summed E-state index contributed by atoms with van der Waals surface area (Å²) in [6.07, 6.45) is -0.706. The Bertz CT molecular complexity index is 467. The minimum Gasteiger partial charge on any atom is -0.478 e. The Morgan fingerprint density at radius 3 is 2.89 bits per heavy atom. The molecule has 1 aromatic heterocycles. The molecule has 2 N–H and O–H groups in total. The van der Waals surface area contributed by atoms with Crippen molar-refractivity contribution >= 4 is 28.4 Å². The molecule has 0 aromatic carbocycles. The predicted molar refractivity (Wildman–Crippen MR) is 63.0 cm³/mol. The molecule has 0 radical (unpaired) electrons. The standard InChI is InChI=1S/C10H12N2O5S/c1-5-7(10(14)15)9(18-12-5)11-8(13)6-4-16-2-3-17-6/h6H,2-4H2,1H3,(H,11,13)(H,14,15). The van der Waals surface area contributed by atoms with Crippen LogP contribution in [0.1, 0.15) is 16.1 Å². The Morgan fingerprint density at radius 1 is 1.50 bits per heavy atom. The Hall–Kier alpha value is -1.51. The highest BCUT2D eigenvalue weighted by atomic mass is 32.1. The lowest BCUT2D eigenvalue weighted by atomic mass is 10.2. The molecule has 1 fully saturated rings. The number of hydrogen-bond donors (Lipinski definition) is 2. The van der Waals surface area contributed by atoms with E-state index in [-0.39, 0.29) is 17.2 Å². The number of aromatic nitrogens is 1. The fourth-order valence-corrected chi connectivity index (χ4v) is 2.33. The molecule has 1 saturated heterocycles. The lowest BCUT2D eigenvalue weighted by Crippen LogP contribution is -2.39. The number of rotatable bonds is 3. The van der Waals surface area contributed by atoms with Gasteiger partial charge in [0.15, 0.2) is 6.10 Å². The number of nitrogens with zero attached hydrogens (tertiary/aromatic N) is 1. The molecule has 2 heterocycles. The van der Waals surface area contributed by atoms with Crippen LogP contribution in [0.5, 0.6) is 0 Å². The summed E-state index contributed by atoms with van der Waals surface area (Å²) in [4.78, 5) is 22.8. The third-order valence-electron chi connectivity index (χ3n) is 2.42. The molecule has 0 spiro atoms. The molecule has 2 rings (SSSR count). The Morgan fingerprint density at radius 2 is 2.28 bits per heavy atom. The molecule has 1 aliphatic rings. The van der Waals surface area contributed by atoms with Crippen LogP contribution in [0.25, 0.3) is 0 Å². The largest absolute Gasteiger partial charge is 0.478 e. The molecule has 0 bridgehead atoms. The van der Waals surface area contributed by atoms with Gasteiger partial charge in [0.25, 0.3) is 5.91 Å². The van der Waals surface area contributed by atoms with E-state index < -0.39 is 18.0 Å². The molecule has 8 heteroatoms. The first-order valence-corrected chi connectivity index (χ1v) is 6.06. The van der Waals surface area contributed by atoms with Gasteiger partial charge in [0.1, 0.15) is 10.6 Å². The second-order valence-corrected chi connectivity index (χ2v) is 4.47. The third-order valence-corrected chi connectivity index (χ3v) is 3.28. The average molecular weight is 272 g/mol. The van der Waals surface area contributed by atoms with Crippen LogP contribution in [0.4, 0.5) is 5.00 Å². The molecule has 0 saturated carbocycles. The predicted octanol–water partition coefficient (Wildman–Crippen LogP) is 0.504. The molecule has 1 aromatic rings. The van der Waals surface area contributed by atoms with Crippen molar-refractivity contribution in [3.05, 3.63) is 11.3 Å². The van der Waals surface area contributed by atoms with Gasteiger partial charge in [-0.25, -0.2) is 4.79 Å². The lowest BCUT2D eigenvalue weighted by molar-refractivity contribution is -0.142. The summed E-state index contributed by atoms with van der Waals surface area (Å²) in [5.41, 5.74) is 0.397. The van der Waals surface area contributed by atoms with Crippen LogP contribution in [0.3, 0.4) is 0 Å². The second kappa shape index (κ2) is 5.42. The maximum Gasteiger partial charge on any atom is 0.340 e. The van der Waals surface area contributed by atoms with E-state index in [0.29, 0.717) is 18.9 Å². The van der Waals surface area contributed by atoms with E-state index in [0.717, 1.165) is 11.5 Å². The number of carbonyl (C=O) groups is 2. The first-order chi connectivity index (χ1) is 8.59. The van der Waals surface area contributed by atoms with E-state index in [1.807, 2.05) is 0 Å². The Balaban J connectivity index is 2.09. The number of carboxylic acids is 1. The molecular formula is C10H12N2O5S. The number of anilines is 1. The van der Waals surface area contributed by atoms with E-state index in [1.165, 1.54) is 0 Å². The number of nitrogens with one attached hydrogen (secondary N) is 1. The van der Waals surface area contributed by atoms with Crippen LogP contribution in [-0.2, 0) is 14.3 Å². The van der Waals surface area contributed by atoms with Gasteiger partial charge in [-0.15, -0.1) is 0 Å². The molecular weight excluding hydrogens is 260 g/mol. The first-order valence-electron chi connectivity index (χ1n) is 5.29. The fraction of sp³-hybridized carbons (Fsp3) is 0.500. The van der Waals surface area contributed by atoms with Gasteiger partial charge in [-0.3, -0.25) is 4.79 Å². The highest BCUT2D eigenvalue weighted by Crippen LogP contribution is 2.24. The molecule has 0 aliphatic carbocycles. The molecule has 18 heavy (non-hydrogen) atoms. The topological polar surface area (TPSA) is 97.8 Å². The van der Waals surface area contributed by atoms with Gasteiger partial charge in [0, 0.05) is 0 Å². The third kappa shape index (κ3) is 2.66. The van der Waals surface area contributed by atoms with Gasteiger partial charge in [-0.2, -0.15) is 4.37 Å². The number of amides is 1. The van der Waals surface area contributed by atoms with E-state index in [2.05, 4.69) is 9.69 Å². The van der Waals surface area contributed by atoms with Gasteiger partial charge in [-0.05, 0) is 18.5 Å². The number of hydrogen-bond acceptors (Lipinski definition) is 6. The summed E-state index contributed by atoms with van der Waals surface area (Å²) < 4.78 is 14.2. The van der Waals surface area contributed by atoms with Crippen molar-refractivity contribution in [1.29, 1.82) is 0 Å². The monoisotopic (exact) mass is 272 g/mol. The number of carbonyl (C=O) groups excluding carboxylic acids is 1. The van der Waals surface area contributed by atoms with Gasteiger partial charge < -0.3 is 19.9 Å². The van der Waals surface area contributed by atoms with Crippen LogP contribution in [0.15, 0.2) is 0 Å². The smallest absolute Gasteiger partial charge is 0.340 e. The van der Waals surface area contributed by atoms with Crippen LogP contribution in [0, 0.1) is 6.92 Å². The Kier molecular flexibility index (Phi) is 3.90. The zero-order chi connectivity index (χ0) is 13.1. The van der Waals surface area contributed by atoms with E-state index >= 15 is 0 Å². The van der Waals surface area contributed by atoms with Gasteiger partial charge >= 0.3 is 5.97 Å². The average Bonchev–Trinajstić information content (AvgIpc) is 2.71. The van der Waals surface area contributed by atoms with E-state index in [9.17, 15) is 9.59 Å². The van der Waals surface area contributed by atoms with Gasteiger partial charge in [-0.1, -0.05) is 0 Å². The van der Waals surface area contributed by atoms with Crippen LogP contribution >= 0.6 is 11.5 Å². The van der Waals surface area contributed by atoms with Crippen molar-refractivity contribution in [3.8, 4) is 0 Å². The quantitative estimate of drug-likeness (QED) is 0.831. The van der Waals surface area contributed by atoms with Gasteiger partial charge in [0.2, 0.25) is 0 Å². The van der Waals surface area contributed by atoms with Crippen LogP contribution < -0.4 is 5.32 Å². The van der Waals surface area contributed by atoms with Crippen LogP contribution in [-0.4, -0.2) is 47.3 Å². The van der Waals surface area contributed by atoms with E-state index in [4.69, 9.17) is 14.6 Å². The highest BCUT2D eigenvalue weighted by molar-refractivity contribution is 7.11. The van der Waals surface area contributed by atoms with Crippen molar-refractivity contribution in [1.82, 2.24) is 4.37 Å². The summed E-state index contributed by atoms with van der Waals surface area (Å²) in [7, 11) is 0. The Labute approximate surface area is 107 Å². The second-order valence-electron chi connectivity index (χ2n) is 3.70. The maximum atomic E-state index is 11.8. The SMILES string of the molecule is Cc1nsc(NC(=O)C2COCCO2)c1C(=O)O. The van der Waals surface area contributed by atoms with Crippen molar-refractivity contribution in [2.24, 2.45) is 0 Å². The first kappa shape index (κ1) is 12.9. The van der Waals surface area contributed by atoms with Crippen LogP contribution in [0.2, 0.25) is 0 Å². The fourth-order valence-electron chi connectivity index (χ4n) is 1.54. The molecule has 1 amide bonds. The summed E-state index contributed by atoms with van der Waals surface area (Å²) >= 11 is 0.938. The molecule has 1 aliphatic heterocycles. The summed E-state index contributed by atoms with van der Waals surface area (Å²) in [5, 5.41) is 11.8. The highest BCUT2D eigenvalue weighted by Gasteiger charge is 2.26. The molecule has 1 unspecified atom stereocenters. The molecule has 7 nitrogen and oxygen atoms in total. The normalized spacial score (nSPS) is 19.5. The number of ether oxygens (including phenoxy) is 2. The molecule has 1 atom stereocenters. The van der Waals surface area contributed by atoms with Crippen molar-refractivity contribution in [3.63, 3.8) is 0 Å².